The second-order valence-electron chi connectivity index (χ2n) is 3.88. The number of halogens is 1. The Morgan fingerprint density at radius 2 is 2.05 bits per heavy atom. The van der Waals surface area contributed by atoms with Gasteiger partial charge in [0.15, 0.2) is 5.82 Å². The highest BCUT2D eigenvalue weighted by Crippen LogP contribution is 2.28. The predicted octanol–water partition coefficient (Wildman–Crippen LogP) is 2.99. The summed E-state index contributed by atoms with van der Waals surface area (Å²) in [6.45, 7) is 1.78. The summed E-state index contributed by atoms with van der Waals surface area (Å²) < 4.78 is 0. The highest BCUT2D eigenvalue weighted by Gasteiger charge is 2.15. The SMILES string of the molecule is Cc1c(Cl)cccc1Nc1[nH]c(=O)ccc1[N+](=O)[O-]. The van der Waals surface area contributed by atoms with E-state index in [1.807, 2.05) is 0 Å². The third kappa shape index (κ3) is 2.74. The number of benzene rings is 1. The van der Waals surface area contributed by atoms with Gasteiger partial charge in [0.2, 0.25) is 5.56 Å². The van der Waals surface area contributed by atoms with E-state index in [0.29, 0.717) is 10.7 Å². The van der Waals surface area contributed by atoms with Crippen LogP contribution in [-0.4, -0.2) is 9.91 Å². The molecule has 0 atom stereocenters. The first-order chi connectivity index (χ1) is 8.99. The molecule has 0 unspecified atom stereocenters. The summed E-state index contributed by atoms with van der Waals surface area (Å²) in [4.78, 5) is 24.0. The van der Waals surface area contributed by atoms with Gasteiger partial charge in [-0.05, 0) is 24.6 Å². The quantitative estimate of drug-likeness (QED) is 0.668. The Kier molecular flexibility index (Phi) is 3.52. The van der Waals surface area contributed by atoms with Crippen LogP contribution in [0.5, 0.6) is 0 Å². The Labute approximate surface area is 113 Å². The van der Waals surface area contributed by atoms with E-state index in [0.717, 1.165) is 17.7 Å². The van der Waals surface area contributed by atoms with E-state index in [-0.39, 0.29) is 11.5 Å². The Hall–Kier alpha value is -2.34. The van der Waals surface area contributed by atoms with Crippen LogP contribution in [-0.2, 0) is 0 Å². The zero-order chi connectivity index (χ0) is 14.0. The van der Waals surface area contributed by atoms with Gasteiger partial charge in [0.25, 0.3) is 0 Å². The number of anilines is 2. The van der Waals surface area contributed by atoms with Gasteiger partial charge in [0.05, 0.1) is 4.92 Å². The molecule has 7 heteroatoms. The van der Waals surface area contributed by atoms with Crippen molar-refractivity contribution in [3.8, 4) is 0 Å². The average Bonchev–Trinajstić information content (AvgIpc) is 2.35. The lowest BCUT2D eigenvalue weighted by Crippen LogP contribution is -2.09. The topological polar surface area (TPSA) is 88.0 Å². The third-order valence-electron chi connectivity index (χ3n) is 2.62. The monoisotopic (exact) mass is 279 g/mol. The molecule has 0 saturated heterocycles. The van der Waals surface area contributed by atoms with E-state index >= 15 is 0 Å². The van der Waals surface area contributed by atoms with Gasteiger partial charge in [-0.25, -0.2) is 0 Å². The van der Waals surface area contributed by atoms with Crippen molar-refractivity contribution in [2.24, 2.45) is 0 Å². The number of hydrogen-bond acceptors (Lipinski definition) is 4. The minimum atomic E-state index is -0.571. The molecule has 0 bridgehead atoms. The minimum Gasteiger partial charge on any atom is -0.336 e. The highest BCUT2D eigenvalue weighted by atomic mass is 35.5. The van der Waals surface area contributed by atoms with Crippen LogP contribution in [0.1, 0.15) is 5.56 Å². The fourth-order valence-electron chi connectivity index (χ4n) is 1.59. The number of nitro groups is 1. The predicted molar refractivity (Wildman–Crippen MR) is 73.2 cm³/mol. The molecule has 0 amide bonds. The number of aromatic amines is 1. The van der Waals surface area contributed by atoms with Crippen LogP contribution in [0.4, 0.5) is 17.2 Å². The molecule has 6 nitrogen and oxygen atoms in total. The standard InChI is InChI=1S/C12H10ClN3O3/c1-7-8(13)3-2-4-9(7)14-12-10(16(18)19)5-6-11(17)15-12/h2-6H,1H3,(H2,14,15,17). The molecule has 0 aliphatic carbocycles. The number of nitrogens with one attached hydrogen (secondary N) is 2. The highest BCUT2D eigenvalue weighted by molar-refractivity contribution is 6.31. The summed E-state index contributed by atoms with van der Waals surface area (Å²) in [5.74, 6) is 0.0304. The number of rotatable bonds is 3. The lowest BCUT2D eigenvalue weighted by molar-refractivity contribution is -0.384. The van der Waals surface area contributed by atoms with Gasteiger partial charge in [-0.2, -0.15) is 0 Å². The van der Waals surface area contributed by atoms with Gasteiger partial charge in [-0.3, -0.25) is 14.9 Å². The molecule has 2 N–H and O–H groups in total. The molecular formula is C12H10ClN3O3. The normalized spacial score (nSPS) is 10.2. The third-order valence-corrected chi connectivity index (χ3v) is 3.03. The van der Waals surface area contributed by atoms with Gasteiger partial charge in [0, 0.05) is 22.8 Å². The Morgan fingerprint density at radius 1 is 1.32 bits per heavy atom. The van der Waals surface area contributed by atoms with Gasteiger partial charge in [-0.1, -0.05) is 17.7 Å². The molecular weight excluding hydrogens is 270 g/mol. The first kappa shape index (κ1) is 13.1. The van der Waals surface area contributed by atoms with Gasteiger partial charge in [-0.15, -0.1) is 0 Å². The fraction of sp³-hybridized carbons (Fsp3) is 0.0833. The lowest BCUT2D eigenvalue weighted by Gasteiger charge is -2.10. The van der Waals surface area contributed by atoms with Crippen LogP contribution < -0.4 is 10.9 Å². The van der Waals surface area contributed by atoms with Crippen LogP contribution >= 0.6 is 11.6 Å². The minimum absolute atomic E-state index is 0.0304. The zero-order valence-corrected chi connectivity index (χ0v) is 10.7. The number of aromatic nitrogens is 1. The maximum Gasteiger partial charge on any atom is 0.309 e. The maximum atomic E-state index is 11.3. The zero-order valence-electron chi connectivity index (χ0n) is 9.94. The van der Waals surface area contributed by atoms with Crippen molar-refractivity contribution < 1.29 is 4.92 Å². The number of hydrogen-bond donors (Lipinski definition) is 2. The van der Waals surface area contributed by atoms with Crippen molar-refractivity contribution in [2.75, 3.05) is 5.32 Å². The molecule has 0 radical (unpaired) electrons. The molecule has 0 aliphatic rings. The Morgan fingerprint density at radius 3 is 2.74 bits per heavy atom. The molecule has 0 spiro atoms. The van der Waals surface area contributed by atoms with E-state index in [1.54, 1.807) is 25.1 Å². The second-order valence-corrected chi connectivity index (χ2v) is 4.28. The summed E-state index contributed by atoms with van der Waals surface area (Å²) in [5.41, 5.74) is 0.701. The van der Waals surface area contributed by atoms with Crippen LogP contribution in [0.15, 0.2) is 35.1 Å². The number of H-pyrrole nitrogens is 1. The van der Waals surface area contributed by atoms with E-state index in [4.69, 9.17) is 11.6 Å². The summed E-state index contributed by atoms with van der Waals surface area (Å²) in [5, 5.41) is 14.2. The first-order valence-corrected chi connectivity index (χ1v) is 5.76. The Balaban J connectivity index is 2.48. The van der Waals surface area contributed by atoms with Gasteiger partial charge >= 0.3 is 5.69 Å². The Bertz CT molecular complexity index is 697. The molecule has 1 aromatic heterocycles. The summed E-state index contributed by atoms with van der Waals surface area (Å²) in [6.07, 6.45) is 0. The molecule has 1 aromatic carbocycles. The molecule has 2 rings (SSSR count). The van der Waals surface area contributed by atoms with Crippen LogP contribution in [0, 0.1) is 17.0 Å². The van der Waals surface area contributed by atoms with Crippen LogP contribution in [0.25, 0.3) is 0 Å². The van der Waals surface area contributed by atoms with E-state index < -0.39 is 10.5 Å². The van der Waals surface area contributed by atoms with Crippen LogP contribution in [0.2, 0.25) is 5.02 Å². The number of nitrogens with zero attached hydrogens (tertiary/aromatic N) is 1. The van der Waals surface area contributed by atoms with Crippen molar-refractivity contribution >= 4 is 28.8 Å². The van der Waals surface area contributed by atoms with Crippen molar-refractivity contribution in [1.82, 2.24) is 4.98 Å². The maximum absolute atomic E-state index is 11.3. The van der Waals surface area contributed by atoms with Crippen molar-refractivity contribution in [2.45, 2.75) is 6.92 Å². The van der Waals surface area contributed by atoms with E-state index in [1.165, 1.54) is 0 Å². The largest absolute Gasteiger partial charge is 0.336 e. The average molecular weight is 280 g/mol. The van der Waals surface area contributed by atoms with Crippen molar-refractivity contribution in [1.29, 1.82) is 0 Å². The molecule has 0 aliphatic heterocycles. The second kappa shape index (κ2) is 5.11. The molecule has 0 fully saturated rings. The summed E-state index contributed by atoms with van der Waals surface area (Å²) in [7, 11) is 0. The van der Waals surface area contributed by atoms with Gasteiger partial charge < -0.3 is 10.3 Å². The summed E-state index contributed by atoms with van der Waals surface area (Å²) >= 11 is 5.97. The van der Waals surface area contributed by atoms with Crippen LogP contribution in [0.3, 0.4) is 0 Å². The van der Waals surface area contributed by atoms with E-state index in [2.05, 4.69) is 10.3 Å². The molecule has 98 valence electrons. The van der Waals surface area contributed by atoms with E-state index in [9.17, 15) is 14.9 Å². The van der Waals surface area contributed by atoms with Crippen molar-refractivity contribution in [3.05, 3.63) is 61.4 Å². The molecule has 2 aromatic rings. The summed E-state index contributed by atoms with van der Waals surface area (Å²) in [6, 6.07) is 7.40. The molecule has 19 heavy (non-hydrogen) atoms. The molecule has 1 heterocycles. The smallest absolute Gasteiger partial charge is 0.309 e. The fourth-order valence-corrected chi connectivity index (χ4v) is 1.77. The van der Waals surface area contributed by atoms with Gasteiger partial charge in [0.1, 0.15) is 0 Å². The molecule has 0 saturated carbocycles. The number of pyridine rings is 1. The van der Waals surface area contributed by atoms with Crippen molar-refractivity contribution in [3.63, 3.8) is 0 Å². The lowest BCUT2D eigenvalue weighted by atomic mass is 10.2. The first-order valence-electron chi connectivity index (χ1n) is 5.39.